The second-order valence-electron chi connectivity index (χ2n) is 9.50. The van der Waals surface area contributed by atoms with Crippen molar-refractivity contribution in [1.29, 1.82) is 0 Å². The fourth-order valence-corrected chi connectivity index (χ4v) is 6.44. The van der Waals surface area contributed by atoms with Gasteiger partial charge in [-0.3, -0.25) is 4.79 Å². The van der Waals surface area contributed by atoms with Crippen LogP contribution in [0.25, 0.3) is 10.2 Å². The molecule has 1 amide bonds. The van der Waals surface area contributed by atoms with Crippen LogP contribution in [0.5, 0.6) is 0 Å². The number of thiophene rings is 1. The third kappa shape index (κ3) is 4.33. The largest absolute Gasteiger partial charge is 0.352 e. The van der Waals surface area contributed by atoms with Crippen LogP contribution in [0.1, 0.15) is 59.7 Å². The van der Waals surface area contributed by atoms with E-state index in [2.05, 4.69) is 25.7 Å². The Kier molecular flexibility index (Phi) is 6.27. The van der Waals surface area contributed by atoms with Crippen molar-refractivity contribution in [2.24, 2.45) is 5.92 Å². The number of halogens is 2. The van der Waals surface area contributed by atoms with E-state index in [4.69, 9.17) is 33.2 Å². The van der Waals surface area contributed by atoms with Crippen LogP contribution in [0.15, 0.2) is 18.2 Å². The maximum atomic E-state index is 13.0. The molecule has 5 rings (SSSR count). The van der Waals surface area contributed by atoms with Crippen molar-refractivity contribution in [3.8, 4) is 0 Å². The van der Waals surface area contributed by atoms with Crippen molar-refractivity contribution >= 4 is 56.5 Å². The number of nitrogens with zero attached hydrogens (tertiary/aromatic N) is 4. The van der Waals surface area contributed by atoms with Crippen molar-refractivity contribution in [2.45, 2.75) is 46.0 Å². The van der Waals surface area contributed by atoms with Gasteiger partial charge < -0.3 is 9.80 Å². The van der Waals surface area contributed by atoms with Gasteiger partial charge in [0.1, 0.15) is 16.5 Å². The number of benzene rings is 1. The van der Waals surface area contributed by atoms with Crippen molar-refractivity contribution in [3.05, 3.63) is 50.1 Å². The molecule has 2 aliphatic rings. The molecular formula is C25H28Cl2N4OS. The number of anilines is 1. The van der Waals surface area contributed by atoms with Crippen molar-refractivity contribution in [3.63, 3.8) is 0 Å². The summed E-state index contributed by atoms with van der Waals surface area (Å²) in [5, 5.41) is 2.11. The highest BCUT2D eigenvalue weighted by Crippen LogP contribution is 2.41. The summed E-state index contributed by atoms with van der Waals surface area (Å²) in [6.45, 7) is 9.41. The van der Waals surface area contributed by atoms with Gasteiger partial charge in [0, 0.05) is 42.5 Å². The molecule has 1 atom stereocenters. The SMILES string of the molecule is CC1CCc2c(sc3nc(C(C)C)nc(N4CCN(C(=O)c5ccc(Cl)c(Cl)c5)CC4)c23)C1. The van der Waals surface area contributed by atoms with Gasteiger partial charge in [-0.25, -0.2) is 9.97 Å². The van der Waals surface area contributed by atoms with Crippen molar-refractivity contribution in [2.75, 3.05) is 31.1 Å². The second kappa shape index (κ2) is 9.05. The third-order valence-electron chi connectivity index (χ3n) is 6.70. The summed E-state index contributed by atoms with van der Waals surface area (Å²) >= 11 is 14.0. The summed E-state index contributed by atoms with van der Waals surface area (Å²) < 4.78 is 0. The molecule has 0 saturated carbocycles. The van der Waals surface area contributed by atoms with E-state index >= 15 is 0 Å². The minimum Gasteiger partial charge on any atom is -0.352 e. The van der Waals surface area contributed by atoms with E-state index in [1.54, 1.807) is 18.2 Å². The molecule has 1 aromatic carbocycles. The molecular weight excluding hydrogens is 475 g/mol. The highest BCUT2D eigenvalue weighted by atomic mass is 35.5. The van der Waals surface area contributed by atoms with Gasteiger partial charge in [-0.05, 0) is 48.9 Å². The van der Waals surface area contributed by atoms with E-state index in [1.165, 1.54) is 22.2 Å². The Morgan fingerprint density at radius 2 is 1.88 bits per heavy atom. The maximum absolute atomic E-state index is 13.0. The molecule has 5 nitrogen and oxygen atoms in total. The van der Waals surface area contributed by atoms with Crippen LogP contribution < -0.4 is 4.90 Å². The highest BCUT2D eigenvalue weighted by Gasteiger charge is 2.29. The Morgan fingerprint density at radius 1 is 1.12 bits per heavy atom. The number of aryl methyl sites for hydroxylation is 1. The summed E-state index contributed by atoms with van der Waals surface area (Å²) in [6, 6.07) is 5.07. The van der Waals surface area contributed by atoms with Crippen LogP contribution in [0.2, 0.25) is 10.0 Å². The number of fused-ring (bicyclic) bond motifs is 3. The lowest BCUT2D eigenvalue weighted by molar-refractivity contribution is 0.0746. The first-order valence-corrected chi connectivity index (χ1v) is 13.2. The predicted octanol–water partition coefficient (Wildman–Crippen LogP) is 6.21. The third-order valence-corrected chi connectivity index (χ3v) is 8.59. The van der Waals surface area contributed by atoms with Gasteiger partial charge in [-0.1, -0.05) is 44.0 Å². The molecule has 1 aliphatic heterocycles. The zero-order valence-corrected chi connectivity index (χ0v) is 21.5. The normalized spacial score (nSPS) is 18.8. The summed E-state index contributed by atoms with van der Waals surface area (Å²) in [5.74, 6) is 2.94. The minimum atomic E-state index is -0.00850. The van der Waals surface area contributed by atoms with Gasteiger partial charge in [0.25, 0.3) is 5.91 Å². The van der Waals surface area contributed by atoms with Crippen LogP contribution >= 0.6 is 34.5 Å². The summed E-state index contributed by atoms with van der Waals surface area (Å²) in [5.41, 5.74) is 2.03. The number of amides is 1. The first-order chi connectivity index (χ1) is 15.8. The van der Waals surface area contributed by atoms with Crippen LogP contribution in [0.3, 0.4) is 0 Å². The fraction of sp³-hybridized carbons (Fsp3) is 0.480. The molecule has 1 unspecified atom stereocenters. The molecule has 1 fully saturated rings. The average molecular weight is 503 g/mol. The molecule has 1 aliphatic carbocycles. The number of piperazine rings is 1. The summed E-state index contributed by atoms with van der Waals surface area (Å²) in [6.07, 6.45) is 3.46. The van der Waals surface area contributed by atoms with E-state index < -0.39 is 0 Å². The Balaban J connectivity index is 1.43. The Bertz CT molecular complexity index is 1220. The number of carbonyl (C=O) groups is 1. The minimum absolute atomic E-state index is 0.00850. The molecule has 1 saturated heterocycles. The summed E-state index contributed by atoms with van der Waals surface area (Å²) in [4.78, 5) is 29.9. The van der Waals surface area contributed by atoms with Crippen LogP contribution in [0, 0.1) is 5.92 Å². The topological polar surface area (TPSA) is 49.3 Å². The molecule has 0 bridgehead atoms. The molecule has 33 heavy (non-hydrogen) atoms. The molecule has 3 heterocycles. The second-order valence-corrected chi connectivity index (χ2v) is 11.4. The van der Waals surface area contributed by atoms with E-state index in [1.807, 2.05) is 16.2 Å². The van der Waals surface area contributed by atoms with E-state index in [-0.39, 0.29) is 11.8 Å². The molecule has 0 N–H and O–H groups in total. The van der Waals surface area contributed by atoms with Crippen molar-refractivity contribution < 1.29 is 4.79 Å². The quantitative estimate of drug-likeness (QED) is 0.427. The average Bonchev–Trinajstić information content (AvgIpc) is 3.17. The molecule has 3 aromatic rings. The predicted molar refractivity (Wildman–Crippen MR) is 137 cm³/mol. The molecule has 2 aromatic heterocycles. The van der Waals surface area contributed by atoms with Gasteiger partial charge in [-0.15, -0.1) is 11.3 Å². The number of hydrogen-bond donors (Lipinski definition) is 0. The number of carbonyl (C=O) groups excluding carboxylic acids is 1. The molecule has 0 spiro atoms. The number of aromatic nitrogens is 2. The standard InChI is InChI=1S/C25H28Cl2N4OS/c1-14(2)22-28-23(21-17-6-4-15(3)12-20(17)33-24(21)29-22)30-8-10-31(11-9-30)25(32)16-5-7-18(26)19(27)13-16/h5,7,13-15H,4,6,8-12H2,1-3H3. The summed E-state index contributed by atoms with van der Waals surface area (Å²) in [7, 11) is 0. The van der Waals surface area contributed by atoms with Gasteiger partial charge in [-0.2, -0.15) is 0 Å². The van der Waals surface area contributed by atoms with Crippen LogP contribution in [0.4, 0.5) is 5.82 Å². The maximum Gasteiger partial charge on any atom is 0.254 e. The number of hydrogen-bond acceptors (Lipinski definition) is 5. The highest BCUT2D eigenvalue weighted by molar-refractivity contribution is 7.19. The zero-order chi connectivity index (χ0) is 23.3. The zero-order valence-electron chi connectivity index (χ0n) is 19.2. The van der Waals surface area contributed by atoms with Crippen LogP contribution in [-0.4, -0.2) is 47.0 Å². The van der Waals surface area contributed by atoms with Crippen LogP contribution in [-0.2, 0) is 12.8 Å². The Morgan fingerprint density at radius 3 is 2.58 bits per heavy atom. The first-order valence-electron chi connectivity index (χ1n) is 11.6. The molecule has 8 heteroatoms. The van der Waals surface area contributed by atoms with Crippen molar-refractivity contribution in [1.82, 2.24) is 14.9 Å². The van der Waals surface area contributed by atoms with Gasteiger partial charge in [0.15, 0.2) is 0 Å². The van der Waals surface area contributed by atoms with Gasteiger partial charge in [0.2, 0.25) is 0 Å². The Labute approximate surface area is 208 Å². The molecule has 174 valence electrons. The molecule has 0 radical (unpaired) electrons. The monoisotopic (exact) mass is 502 g/mol. The lowest BCUT2D eigenvalue weighted by Gasteiger charge is -2.36. The fourth-order valence-electron chi connectivity index (χ4n) is 4.76. The Hall–Kier alpha value is -1.89. The van der Waals surface area contributed by atoms with E-state index in [0.717, 1.165) is 48.3 Å². The lowest BCUT2D eigenvalue weighted by atomic mass is 9.89. The first kappa shape index (κ1) is 22.9. The van der Waals surface area contributed by atoms with E-state index in [0.29, 0.717) is 28.7 Å². The van der Waals surface area contributed by atoms with E-state index in [9.17, 15) is 4.79 Å². The lowest BCUT2D eigenvalue weighted by Crippen LogP contribution is -2.49. The van der Waals surface area contributed by atoms with Gasteiger partial charge >= 0.3 is 0 Å². The smallest absolute Gasteiger partial charge is 0.254 e. The van der Waals surface area contributed by atoms with Gasteiger partial charge in [0.05, 0.1) is 15.4 Å². The number of rotatable bonds is 3.